The van der Waals surface area contributed by atoms with E-state index in [9.17, 15) is 14.4 Å². The van der Waals surface area contributed by atoms with Crippen LogP contribution in [0.15, 0.2) is 98.8 Å². The Morgan fingerprint density at radius 3 is 2.14 bits per heavy atom. The molecule has 1 aliphatic carbocycles. The highest BCUT2D eigenvalue weighted by Gasteiger charge is 2.40. The van der Waals surface area contributed by atoms with Gasteiger partial charge in [-0.2, -0.15) is 0 Å². The summed E-state index contributed by atoms with van der Waals surface area (Å²) < 4.78 is 0.913. The predicted molar refractivity (Wildman–Crippen MR) is 147 cm³/mol. The average molecular weight is 562 g/mol. The van der Waals surface area contributed by atoms with Gasteiger partial charge >= 0.3 is 0 Å². The lowest BCUT2D eigenvalue weighted by atomic mass is 10.1. The molecular formula is C28H24BrN3O3S. The molecule has 5 rings (SSSR count). The van der Waals surface area contributed by atoms with E-state index in [-0.39, 0.29) is 23.4 Å². The summed E-state index contributed by atoms with van der Waals surface area (Å²) in [6.45, 7) is 0. The Hall–Kier alpha value is -3.36. The molecule has 1 heterocycles. The maximum absolute atomic E-state index is 13.5. The highest BCUT2D eigenvalue weighted by atomic mass is 79.9. The number of hydrogen-bond donors (Lipinski definition) is 2. The van der Waals surface area contributed by atoms with Crippen LogP contribution in [0.25, 0.3) is 0 Å². The molecule has 1 aliphatic heterocycles. The number of amides is 3. The number of anilines is 3. The summed E-state index contributed by atoms with van der Waals surface area (Å²) in [6, 6.07) is 23.7. The maximum atomic E-state index is 13.5. The second-order valence-electron chi connectivity index (χ2n) is 8.71. The first-order valence-corrected chi connectivity index (χ1v) is 13.4. The minimum atomic E-state index is -0.405. The smallest absolute Gasteiger partial charge is 0.283 e. The molecule has 0 atom stereocenters. The van der Waals surface area contributed by atoms with Gasteiger partial charge in [0.15, 0.2) is 0 Å². The number of rotatable bonds is 7. The molecule has 8 heteroatoms. The van der Waals surface area contributed by atoms with Gasteiger partial charge in [-0.1, -0.05) is 58.7 Å². The zero-order chi connectivity index (χ0) is 25.1. The number of thioether (sulfide) groups is 1. The van der Waals surface area contributed by atoms with Crippen molar-refractivity contribution in [3.63, 3.8) is 0 Å². The molecule has 0 unspecified atom stereocenters. The lowest BCUT2D eigenvalue weighted by Gasteiger charge is -2.15. The summed E-state index contributed by atoms with van der Waals surface area (Å²) in [7, 11) is 0. The first-order chi connectivity index (χ1) is 17.5. The molecular weight excluding hydrogens is 538 g/mol. The topological polar surface area (TPSA) is 78.5 Å². The van der Waals surface area contributed by atoms with Crippen molar-refractivity contribution < 1.29 is 14.4 Å². The molecule has 2 N–H and O–H groups in total. The maximum Gasteiger partial charge on any atom is 0.283 e. The van der Waals surface area contributed by atoms with E-state index in [0.29, 0.717) is 16.3 Å². The monoisotopic (exact) mass is 561 g/mol. The Morgan fingerprint density at radius 1 is 0.833 bits per heavy atom. The Kier molecular flexibility index (Phi) is 7.25. The lowest BCUT2D eigenvalue weighted by molar-refractivity contribution is -0.121. The summed E-state index contributed by atoms with van der Waals surface area (Å²) >= 11 is 4.64. The molecule has 182 valence electrons. The molecule has 0 spiro atoms. The van der Waals surface area contributed by atoms with Crippen LogP contribution in [-0.4, -0.2) is 17.7 Å². The lowest BCUT2D eigenvalue weighted by Crippen LogP contribution is -2.32. The normalized spacial score (nSPS) is 16.1. The molecule has 1 saturated carbocycles. The molecule has 6 nitrogen and oxygen atoms in total. The molecule has 0 radical (unpaired) electrons. The van der Waals surface area contributed by atoms with E-state index in [1.165, 1.54) is 16.7 Å². The highest BCUT2D eigenvalue weighted by Crippen LogP contribution is 2.38. The van der Waals surface area contributed by atoms with E-state index in [2.05, 4.69) is 26.6 Å². The molecule has 3 amide bonds. The number of carbonyl (C=O) groups excluding carboxylic acids is 3. The fourth-order valence-corrected chi connectivity index (χ4v) is 5.55. The summed E-state index contributed by atoms with van der Waals surface area (Å²) in [5.41, 5.74) is 2.17. The minimum Gasteiger partial charge on any atom is -0.350 e. The highest BCUT2D eigenvalue weighted by molar-refractivity contribution is 9.10. The third-order valence-electron chi connectivity index (χ3n) is 6.24. The van der Waals surface area contributed by atoms with Crippen molar-refractivity contribution in [1.82, 2.24) is 0 Å². The predicted octanol–water partition coefficient (Wildman–Crippen LogP) is 6.57. The molecule has 3 aromatic rings. The molecule has 36 heavy (non-hydrogen) atoms. The number of halogens is 1. The van der Waals surface area contributed by atoms with Crippen molar-refractivity contribution in [2.24, 2.45) is 5.92 Å². The van der Waals surface area contributed by atoms with Gasteiger partial charge in [-0.3, -0.25) is 14.4 Å². The summed E-state index contributed by atoms with van der Waals surface area (Å²) in [5.74, 6) is -0.638. The third kappa shape index (κ3) is 5.24. The van der Waals surface area contributed by atoms with E-state index in [1.54, 1.807) is 24.3 Å². The van der Waals surface area contributed by atoms with Crippen molar-refractivity contribution in [3.8, 4) is 0 Å². The minimum absolute atomic E-state index is 0.0617. The largest absolute Gasteiger partial charge is 0.350 e. The Labute approximate surface area is 222 Å². The summed E-state index contributed by atoms with van der Waals surface area (Å²) in [5, 5.41) is 6.15. The van der Waals surface area contributed by atoms with Crippen molar-refractivity contribution in [2.45, 2.75) is 30.6 Å². The van der Waals surface area contributed by atoms with Gasteiger partial charge in [-0.25, -0.2) is 4.90 Å². The number of nitrogens with zero attached hydrogens (tertiary/aromatic N) is 1. The van der Waals surface area contributed by atoms with Gasteiger partial charge in [0.2, 0.25) is 5.91 Å². The van der Waals surface area contributed by atoms with Crippen LogP contribution in [0, 0.1) is 5.92 Å². The molecule has 2 aliphatic rings. The Morgan fingerprint density at radius 2 is 1.47 bits per heavy atom. The molecule has 0 bridgehead atoms. The molecule has 0 aromatic heterocycles. The fraction of sp³-hybridized carbons (Fsp3) is 0.179. The van der Waals surface area contributed by atoms with Crippen LogP contribution in [0.4, 0.5) is 17.1 Å². The van der Waals surface area contributed by atoms with Gasteiger partial charge in [-0.15, -0.1) is 0 Å². The van der Waals surface area contributed by atoms with Crippen LogP contribution >= 0.6 is 27.7 Å². The zero-order valence-electron chi connectivity index (χ0n) is 19.4. The number of carbonyl (C=O) groups is 3. The van der Waals surface area contributed by atoms with E-state index in [0.717, 1.165) is 40.7 Å². The quantitative estimate of drug-likeness (QED) is 0.319. The summed E-state index contributed by atoms with van der Waals surface area (Å²) in [6.07, 6.45) is 4.09. The Balaban J connectivity index is 1.39. The van der Waals surface area contributed by atoms with Gasteiger partial charge in [0.25, 0.3) is 11.8 Å². The van der Waals surface area contributed by atoms with Crippen LogP contribution in [0.2, 0.25) is 0 Å². The van der Waals surface area contributed by atoms with Crippen molar-refractivity contribution in [1.29, 1.82) is 0 Å². The molecule has 1 fully saturated rings. The van der Waals surface area contributed by atoms with Crippen molar-refractivity contribution in [2.75, 3.05) is 15.5 Å². The second kappa shape index (κ2) is 10.7. The van der Waals surface area contributed by atoms with E-state index in [1.807, 2.05) is 54.6 Å². The second-order valence-corrected chi connectivity index (χ2v) is 10.7. The SMILES string of the molecule is O=C(Nc1ccc(SC2=C(Nc3ccc(Br)cc3)C(=O)N(c3ccccc3)C2=O)cc1)C1CCCC1. The van der Waals surface area contributed by atoms with Gasteiger partial charge < -0.3 is 10.6 Å². The van der Waals surface area contributed by atoms with Gasteiger partial charge in [0.05, 0.1) is 5.69 Å². The number of nitrogens with one attached hydrogen (secondary N) is 2. The van der Waals surface area contributed by atoms with E-state index in [4.69, 9.17) is 0 Å². The Bertz CT molecular complexity index is 1320. The zero-order valence-corrected chi connectivity index (χ0v) is 21.8. The number of imide groups is 1. The van der Waals surface area contributed by atoms with Crippen molar-refractivity contribution >= 4 is 62.5 Å². The molecule has 0 saturated heterocycles. The third-order valence-corrected chi connectivity index (χ3v) is 7.86. The van der Waals surface area contributed by atoms with Crippen molar-refractivity contribution in [3.05, 3.63) is 93.9 Å². The van der Waals surface area contributed by atoms with Crippen LogP contribution < -0.4 is 15.5 Å². The average Bonchev–Trinajstić information content (AvgIpc) is 3.51. The molecule has 3 aromatic carbocycles. The number of benzene rings is 3. The first-order valence-electron chi connectivity index (χ1n) is 11.8. The van der Waals surface area contributed by atoms with Gasteiger partial charge in [-0.05, 0) is 73.5 Å². The van der Waals surface area contributed by atoms with E-state index < -0.39 is 5.91 Å². The van der Waals surface area contributed by atoms with Gasteiger partial charge in [0, 0.05) is 26.7 Å². The fourth-order valence-electron chi connectivity index (χ4n) is 4.36. The van der Waals surface area contributed by atoms with Crippen LogP contribution in [0.1, 0.15) is 25.7 Å². The number of para-hydroxylation sites is 1. The van der Waals surface area contributed by atoms with Gasteiger partial charge in [0.1, 0.15) is 10.6 Å². The van der Waals surface area contributed by atoms with E-state index >= 15 is 0 Å². The van der Waals surface area contributed by atoms with Crippen LogP contribution in [0.5, 0.6) is 0 Å². The standard InChI is InChI=1S/C28H24BrN3O3S/c29-19-10-12-20(13-11-19)30-24-25(28(35)32(27(24)34)22-8-2-1-3-9-22)36-23-16-14-21(15-17-23)31-26(33)18-6-4-5-7-18/h1-3,8-18,30H,4-7H2,(H,31,33). The first kappa shape index (κ1) is 24.3. The van der Waals surface area contributed by atoms with Crippen LogP contribution in [0.3, 0.4) is 0 Å². The summed E-state index contributed by atoms with van der Waals surface area (Å²) in [4.78, 5) is 41.6. The van der Waals surface area contributed by atoms with Crippen LogP contribution in [-0.2, 0) is 14.4 Å². The number of hydrogen-bond acceptors (Lipinski definition) is 5.